The molecule has 1 atom stereocenters. The van der Waals surface area contributed by atoms with Gasteiger partial charge in [-0.3, -0.25) is 9.59 Å². The topological polar surface area (TPSA) is 86.8 Å². The fourth-order valence-electron chi connectivity index (χ4n) is 2.99. The third-order valence-electron chi connectivity index (χ3n) is 4.30. The largest absolute Gasteiger partial charge is 0.324 e. The molecule has 0 radical (unpaired) electrons. The van der Waals surface area contributed by atoms with Gasteiger partial charge in [0.05, 0.1) is 22.3 Å². The van der Waals surface area contributed by atoms with Crippen LogP contribution in [0.15, 0.2) is 35.2 Å². The molecule has 3 rings (SSSR count). The van der Waals surface area contributed by atoms with Gasteiger partial charge in [0.1, 0.15) is 9.23 Å². The van der Waals surface area contributed by atoms with Crippen LogP contribution in [0, 0.1) is 0 Å². The molecule has 0 spiro atoms. The Morgan fingerprint density at radius 1 is 1.36 bits per heavy atom. The third kappa shape index (κ3) is 4.04. The summed E-state index contributed by atoms with van der Waals surface area (Å²) in [6, 6.07) is 7.72. The van der Waals surface area contributed by atoms with Gasteiger partial charge in [0.2, 0.25) is 21.8 Å². The second kappa shape index (κ2) is 8.00. The Morgan fingerprint density at radius 3 is 2.68 bits per heavy atom. The Labute approximate surface area is 176 Å². The number of para-hydroxylation sites is 2. The van der Waals surface area contributed by atoms with Crippen molar-refractivity contribution in [2.45, 2.75) is 24.3 Å². The molecule has 1 aliphatic heterocycles. The Bertz CT molecular complexity index is 1040. The summed E-state index contributed by atoms with van der Waals surface area (Å²) < 4.78 is 26.8. The number of halogens is 2. The van der Waals surface area contributed by atoms with E-state index in [0.29, 0.717) is 11.4 Å². The highest BCUT2D eigenvalue weighted by molar-refractivity contribution is 7.89. The number of nitrogens with zero attached hydrogens (tertiary/aromatic N) is 2. The summed E-state index contributed by atoms with van der Waals surface area (Å²) >= 11 is 12.8. The Hall–Kier alpha value is -1.65. The van der Waals surface area contributed by atoms with Gasteiger partial charge >= 0.3 is 0 Å². The lowest BCUT2D eigenvalue weighted by Crippen LogP contribution is -2.45. The van der Waals surface area contributed by atoms with E-state index in [1.165, 1.54) is 18.0 Å². The normalized spacial score (nSPS) is 17.2. The Kier molecular flexibility index (Phi) is 6.02. The van der Waals surface area contributed by atoms with Crippen LogP contribution in [0.1, 0.15) is 13.3 Å². The first-order chi connectivity index (χ1) is 13.1. The molecule has 1 aromatic heterocycles. The van der Waals surface area contributed by atoms with Gasteiger partial charge < -0.3 is 10.2 Å². The minimum atomic E-state index is -4.00. The number of carbonyl (C=O) groups excluding carboxylic acids is 2. The molecule has 150 valence electrons. The second-order valence-electron chi connectivity index (χ2n) is 6.33. The van der Waals surface area contributed by atoms with Crippen molar-refractivity contribution < 1.29 is 18.0 Å². The van der Waals surface area contributed by atoms with Crippen LogP contribution < -0.4 is 10.2 Å². The molecule has 0 aliphatic carbocycles. The van der Waals surface area contributed by atoms with Crippen molar-refractivity contribution in [2.75, 3.05) is 23.8 Å². The molecule has 7 nitrogen and oxygen atoms in total. The predicted molar refractivity (Wildman–Crippen MR) is 111 cm³/mol. The van der Waals surface area contributed by atoms with Crippen molar-refractivity contribution in [2.24, 2.45) is 0 Å². The van der Waals surface area contributed by atoms with Crippen LogP contribution in [-0.4, -0.2) is 44.2 Å². The zero-order valence-electron chi connectivity index (χ0n) is 15.0. The molecule has 0 saturated heterocycles. The second-order valence-corrected chi connectivity index (χ2v) is 10.6. The standard InChI is InChI=1S/C17H17Cl2N3O4S2/c1-10-7-15(23)20-11-5-3-4-6-12(11)22(10)16(24)9-21(2)28(25,26)13-8-14(18)27-17(13)19/h3-6,8,10H,7,9H2,1-2H3,(H,20,23). The van der Waals surface area contributed by atoms with Crippen molar-refractivity contribution in [3.8, 4) is 0 Å². The Morgan fingerprint density at radius 2 is 2.04 bits per heavy atom. The molecular formula is C17H17Cl2N3O4S2. The zero-order chi connectivity index (χ0) is 20.6. The van der Waals surface area contributed by atoms with E-state index in [0.717, 1.165) is 15.6 Å². The van der Waals surface area contributed by atoms with E-state index in [4.69, 9.17) is 23.2 Å². The predicted octanol–water partition coefficient (Wildman–Crippen LogP) is 3.44. The van der Waals surface area contributed by atoms with Gasteiger partial charge in [-0.05, 0) is 25.1 Å². The van der Waals surface area contributed by atoms with Crippen LogP contribution in [0.2, 0.25) is 8.67 Å². The molecule has 1 aliphatic rings. The maximum atomic E-state index is 13.0. The van der Waals surface area contributed by atoms with Crippen molar-refractivity contribution in [3.05, 3.63) is 39.0 Å². The molecule has 2 aromatic rings. The fourth-order valence-corrected chi connectivity index (χ4v) is 6.22. The number of anilines is 2. The number of nitrogens with one attached hydrogen (secondary N) is 1. The van der Waals surface area contributed by atoms with Gasteiger partial charge in [0, 0.05) is 19.5 Å². The number of hydrogen-bond donors (Lipinski definition) is 1. The number of amides is 2. The first kappa shape index (κ1) is 21.1. The highest BCUT2D eigenvalue weighted by atomic mass is 35.5. The number of sulfonamides is 1. The minimum absolute atomic E-state index is 0.0348. The number of hydrogen-bond acceptors (Lipinski definition) is 5. The van der Waals surface area contributed by atoms with Gasteiger partial charge in [-0.2, -0.15) is 4.31 Å². The van der Waals surface area contributed by atoms with Crippen LogP contribution in [-0.2, 0) is 19.6 Å². The lowest BCUT2D eigenvalue weighted by molar-refractivity contribution is -0.119. The van der Waals surface area contributed by atoms with Crippen LogP contribution in [0.5, 0.6) is 0 Å². The lowest BCUT2D eigenvalue weighted by atomic mass is 10.1. The summed E-state index contributed by atoms with van der Waals surface area (Å²) in [5.74, 6) is -0.670. The molecule has 0 bridgehead atoms. The van der Waals surface area contributed by atoms with E-state index in [2.05, 4.69) is 5.32 Å². The number of thiophene rings is 1. The smallest absolute Gasteiger partial charge is 0.245 e. The van der Waals surface area contributed by atoms with Gasteiger partial charge in [0.15, 0.2) is 0 Å². The molecule has 1 N–H and O–H groups in total. The quantitative estimate of drug-likeness (QED) is 0.754. The average Bonchev–Trinajstić information content (AvgIpc) is 2.88. The summed E-state index contributed by atoms with van der Waals surface area (Å²) in [6.07, 6.45) is 0.100. The summed E-state index contributed by atoms with van der Waals surface area (Å²) in [4.78, 5) is 26.4. The van der Waals surface area contributed by atoms with E-state index in [1.54, 1.807) is 31.2 Å². The first-order valence-corrected chi connectivity index (χ1v) is 11.2. The van der Waals surface area contributed by atoms with Crippen molar-refractivity contribution in [1.82, 2.24) is 4.31 Å². The van der Waals surface area contributed by atoms with Gasteiger partial charge in [0.25, 0.3) is 0 Å². The van der Waals surface area contributed by atoms with Gasteiger partial charge in [-0.15, -0.1) is 11.3 Å². The van der Waals surface area contributed by atoms with E-state index >= 15 is 0 Å². The average molecular weight is 462 g/mol. The van der Waals surface area contributed by atoms with Crippen molar-refractivity contribution in [3.63, 3.8) is 0 Å². The number of likely N-dealkylation sites (N-methyl/N-ethyl adjacent to an activating group) is 1. The van der Waals surface area contributed by atoms with Gasteiger partial charge in [-0.1, -0.05) is 35.3 Å². The zero-order valence-corrected chi connectivity index (χ0v) is 18.1. The maximum Gasteiger partial charge on any atom is 0.245 e. The Balaban J connectivity index is 1.89. The highest BCUT2D eigenvalue weighted by Crippen LogP contribution is 2.36. The molecular weight excluding hydrogens is 445 g/mol. The minimum Gasteiger partial charge on any atom is -0.324 e. The van der Waals surface area contributed by atoms with E-state index < -0.39 is 28.5 Å². The molecule has 1 aromatic carbocycles. The number of carbonyl (C=O) groups is 2. The summed E-state index contributed by atoms with van der Waals surface area (Å²) in [6.45, 7) is 1.32. The van der Waals surface area contributed by atoms with E-state index in [9.17, 15) is 18.0 Å². The number of rotatable bonds is 4. The summed E-state index contributed by atoms with van der Waals surface area (Å²) in [5.41, 5.74) is 1.02. The summed E-state index contributed by atoms with van der Waals surface area (Å²) in [5, 5.41) is 2.76. The monoisotopic (exact) mass is 461 g/mol. The van der Waals surface area contributed by atoms with Crippen LogP contribution in [0.4, 0.5) is 11.4 Å². The van der Waals surface area contributed by atoms with Gasteiger partial charge in [-0.25, -0.2) is 8.42 Å². The lowest BCUT2D eigenvalue weighted by Gasteiger charge is -2.29. The number of benzene rings is 1. The van der Waals surface area contributed by atoms with E-state index in [1.807, 2.05) is 0 Å². The third-order valence-corrected chi connectivity index (χ3v) is 7.86. The molecule has 1 unspecified atom stereocenters. The first-order valence-electron chi connectivity index (χ1n) is 8.23. The molecule has 2 amide bonds. The SMILES string of the molecule is CC1CC(=O)Nc2ccccc2N1C(=O)CN(C)S(=O)(=O)c1cc(Cl)sc1Cl. The van der Waals surface area contributed by atoms with Crippen LogP contribution in [0.3, 0.4) is 0 Å². The molecule has 28 heavy (non-hydrogen) atoms. The number of fused-ring (bicyclic) bond motifs is 1. The van der Waals surface area contributed by atoms with Crippen molar-refractivity contribution >= 4 is 67.8 Å². The summed E-state index contributed by atoms with van der Waals surface area (Å²) in [7, 11) is -2.70. The van der Waals surface area contributed by atoms with Crippen LogP contribution >= 0.6 is 34.5 Å². The van der Waals surface area contributed by atoms with Crippen LogP contribution in [0.25, 0.3) is 0 Å². The molecule has 2 heterocycles. The molecule has 0 saturated carbocycles. The molecule has 11 heteroatoms. The molecule has 0 fully saturated rings. The maximum absolute atomic E-state index is 13.0. The van der Waals surface area contributed by atoms with E-state index in [-0.39, 0.29) is 25.9 Å². The highest BCUT2D eigenvalue weighted by Gasteiger charge is 2.33. The van der Waals surface area contributed by atoms with Crippen molar-refractivity contribution in [1.29, 1.82) is 0 Å². The fraction of sp³-hybridized carbons (Fsp3) is 0.294.